The third-order valence-electron chi connectivity index (χ3n) is 3.85. The molecule has 0 aliphatic heterocycles. The van der Waals surface area contributed by atoms with Crippen molar-refractivity contribution in [2.24, 2.45) is 0 Å². The molecule has 0 spiro atoms. The van der Waals surface area contributed by atoms with Gasteiger partial charge < -0.3 is 4.52 Å². The van der Waals surface area contributed by atoms with Crippen molar-refractivity contribution in [2.75, 3.05) is 0 Å². The number of rotatable bonds is 8. The Morgan fingerprint density at radius 3 is 1.63 bits per heavy atom. The first kappa shape index (κ1) is 19.9. The average molecular weight is 421 g/mol. The van der Waals surface area contributed by atoms with Crippen LogP contribution in [-0.4, -0.2) is 0 Å². The van der Waals surface area contributed by atoms with Gasteiger partial charge in [0.25, 0.3) is 0 Å². The normalized spacial score (nSPS) is 11.3. The summed E-state index contributed by atoms with van der Waals surface area (Å²) in [6.07, 6.45) is 0. The molecule has 0 atom stereocenters. The molecule has 140 valence electrons. The molecular weight excluding hydrogens is 402 g/mol. The Hall–Kier alpha value is -1.81. The Balaban J connectivity index is 1.76. The van der Waals surface area contributed by atoms with Crippen LogP contribution in [0.15, 0.2) is 78.9 Å². The highest BCUT2D eigenvalue weighted by Crippen LogP contribution is 2.40. The lowest BCUT2D eigenvalue weighted by molar-refractivity contribution is 0.450. The second-order valence-electron chi connectivity index (χ2n) is 5.81. The van der Waals surface area contributed by atoms with Gasteiger partial charge in [-0.2, -0.15) is 0 Å². The number of hydrogen-bond acceptors (Lipinski definition) is 2. The SMILES string of the molecule is O=P(NCc1ccccc1Cl)(NCc1ccccc1Cl)Oc1ccccc1. The van der Waals surface area contributed by atoms with Gasteiger partial charge in [0, 0.05) is 23.1 Å². The zero-order valence-corrected chi connectivity index (χ0v) is 16.8. The Bertz CT molecular complexity index is 885. The van der Waals surface area contributed by atoms with Gasteiger partial charge >= 0.3 is 7.67 Å². The molecule has 0 aliphatic carbocycles. The van der Waals surface area contributed by atoms with Crippen LogP contribution >= 0.6 is 30.9 Å². The van der Waals surface area contributed by atoms with Crippen molar-refractivity contribution in [3.05, 3.63) is 100 Å². The van der Waals surface area contributed by atoms with E-state index in [1.165, 1.54) is 0 Å². The summed E-state index contributed by atoms with van der Waals surface area (Å²) in [5.74, 6) is 0.499. The van der Waals surface area contributed by atoms with Crippen LogP contribution in [0, 0.1) is 0 Å². The summed E-state index contributed by atoms with van der Waals surface area (Å²) in [5.41, 5.74) is 1.66. The average Bonchev–Trinajstić information content (AvgIpc) is 2.68. The van der Waals surface area contributed by atoms with E-state index in [1.807, 2.05) is 54.6 Å². The summed E-state index contributed by atoms with van der Waals surface area (Å²) in [6.45, 7) is 0.582. The van der Waals surface area contributed by atoms with E-state index < -0.39 is 7.67 Å². The van der Waals surface area contributed by atoms with Crippen molar-refractivity contribution in [3.63, 3.8) is 0 Å². The van der Waals surface area contributed by atoms with E-state index in [0.29, 0.717) is 28.9 Å². The molecule has 0 saturated carbocycles. The summed E-state index contributed by atoms with van der Waals surface area (Å²) in [7, 11) is -3.43. The highest BCUT2D eigenvalue weighted by atomic mass is 35.5. The molecule has 27 heavy (non-hydrogen) atoms. The maximum atomic E-state index is 13.4. The van der Waals surface area contributed by atoms with E-state index in [9.17, 15) is 4.57 Å². The Kier molecular flexibility index (Phi) is 6.95. The smallest absolute Gasteiger partial charge is 0.391 e. The molecular formula is C20H19Cl2N2O2P. The van der Waals surface area contributed by atoms with Crippen LogP contribution in [0.25, 0.3) is 0 Å². The molecule has 0 aliphatic rings. The van der Waals surface area contributed by atoms with E-state index in [-0.39, 0.29) is 0 Å². The van der Waals surface area contributed by atoms with E-state index >= 15 is 0 Å². The van der Waals surface area contributed by atoms with Crippen LogP contribution < -0.4 is 14.7 Å². The molecule has 0 fully saturated rings. The lowest BCUT2D eigenvalue weighted by Gasteiger charge is -2.22. The van der Waals surface area contributed by atoms with Crippen LogP contribution in [0.3, 0.4) is 0 Å². The zero-order chi connectivity index (χ0) is 19.1. The quantitative estimate of drug-likeness (QED) is 0.434. The van der Waals surface area contributed by atoms with Crippen LogP contribution in [0.1, 0.15) is 11.1 Å². The minimum absolute atomic E-state index is 0.291. The first-order valence-electron chi connectivity index (χ1n) is 8.37. The van der Waals surface area contributed by atoms with Crippen LogP contribution in [0.5, 0.6) is 5.75 Å². The van der Waals surface area contributed by atoms with Gasteiger partial charge in [-0.1, -0.05) is 77.8 Å². The van der Waals surface area contributed by atoms with Crippen LogP contribution in [0.2, 0.25) is 10.0 Å². The molecule has 7 heteroatoms. The zero-order valence-electron chi connectivity index (χ0n) is 14.4. The fourth-order valence-electron chi connectivity index (χ4n) is 2.41. The summed E-state index contributed by atoms with van der Waals surface area (Å²) in [5, 5.41) is 7.17. The van der Waals surface area contributed by atoms with Crippen molar-refractivity contribution in [3.8, 4) is 5.75 Å². The van der Waals surface area contributed by atoms with Crippen molar-refractivity contribution in [2.45, 2.75) is 13.1 Å². The summed E-state index contributed by atoms with van der Waals surface area (Å²) in [6, 6.07) is 23.8. The first-order chi connectivity index (χ1) is 13.1. The number of benzene rings is 3. The van der Waals surface area contributed by atoms with Gasteiger partial charge in [-0.25, -0.2) is 14.7 Å². The number of hydrogen-bond donors (Lipinski definition) is 2. The maximum absolute atomic E-state index is 13.4. The molecule has 0 amide bonds. The maximum Gasteiger partial charge on any atom is 0.391 e. The topological polar surface area (TPSA) is 50.4 Å². The largest absolute Gasteiger partial charge is 0.422 e. The third-order valence-corrected chi connectivity index (χ3v) is 6.20. The molecule has 0 saturated heterocycles. The number of halogens is 2. The summed E-state index contributed by atoms with van der Waals surface area (Å²) >= 11 is 12.4. The fraction of sp³-hybridized carbons (Fsp3) is 0.100. The van der Waals surface area contributed by atoms with Crippen LogP contribution in [-0.2, 0) is 17.7 Å². The molecule has 3 rings (SSSR count). The second kappa shape index (κ2) is 9.41. The molecule has 0 unspecified atom stereocenters. The van der Waals surface area contributed by atoms with E-state index in [4.69, 9.17) is 27.7 Å². The molecule has 3 aromatic carbocycles. The highest BCUT2D eigenvalue weighted by molar-refractivity contribution is 7.55. The predicted molar refractivity (Wildman–Crippen MR) is 111 cm³/mol. The predicted octanol–water partition coefficient (Wildman–Crippen LogP) is 6.06. The lowest BCUT2D eigenvalue weighted by Crippen LogP contribution is -2.26. The van der Waals surface area contributed by atoms with Crippen LogP contribution in [0.4, 0.5) is 0 Å². The fourth-order valence-corrected chi connectivity index (χ4v) is 4.23. The van der Waals surface area contributed by atoms with Gasteiger partial charge in [0.05, 0.1) is 0 Å². The standard InChI is InChI=1S/C20H19Cl2N2O2P/c21-19-12-6-4-8-16(19)14-23-27(25,26-18-10-2-1-3-11-18)24-15-17-9-5-7-13-20(17)22/h1-13H,14-15H2,(H2,23,24,25). The molecule has 0 heterocycles. The van der Waals surface area contributed by atoms with Gasteiger partial charge in [-0.05, 0) is 35.4 Å². The van der Waals surface area contributed by atoms with Gasteiger partial charge in [0.1, 0.15) is 5.75 Å². The molecule has 0 bridgehead atoms. The lowest BCUT2D eigenvalue weighted by atomic mass is 10.2. The van der Waals surface area contributed by atoms with Gasteiger partial charge in [0.15, 0.2) is 0 Å². The molecule has 3 aromatic rings. The van der Waals surface area contributed by atoms with E-state index in [0.717, 1.165) is 11.1 Å². The Morgan fingerprint density at radius 1 is 0.704 bits per heavy atom. The minimum atomic E-state index is -3.43. The van der Waals surface area contributed by atoms with Gasteiger partial charge in [0.2, 0.25) is 0 Å². The minimum Gasteiger partial charge on any atom is -0.422 e. The Morgan fingerprint density at radius 2 is 1.15 bits per heavy atom. The second-order valence-corrected chi connectivity index (χ2v) is 8.54. The van der Waals surface area contributed by atoms with Gasteiger partial charge in [-0.3, -0.25) is 0 Å². The number of para-hydroxylation sites is 1. The summed E-state index contributed by atoms with van der Waals surface area (Å²) < 4.78 is 19.2. The van der Waals surface area contributed by atoms with Crippen molar-refractivity contribution >= 4 is 30.9 Å². The van der Waals surface area contributed by atoms with Gasteiger partial charge in [-0.15, -0.1) is 0 Å². The molecule has 0 aromatic heterocycles. The third kappa shape index (κ3) is 5.83. The summed E-state index contributed by atoms with van der Waals surface area (Å²) in [4.78, 5) is 0. The first-order valence-corrected chi connectivity index (χ1v) is 10.8. The Labute approximate surface area is 169 Å². The molecule has 0 radical (unpaired) electrons. The number of nitrogens with one attached hydrogen (secondary N) is 2. The van der Waals surface area contributed by atoms with Crippen molar-refractivity contribution < 1.29 is 9.09 Å². The van der Waals surface area contributed by atoms with E-state index in [1.54, 1.807) is 24.3 Å². The monoisotopic (exact) mass is 420 g/mol. The van der Waals surface area contributed by atoms with Crippen molar-refractivity contribution in [1.29, 1.82) is 0 Å². The van der Waals surface area contributed by atoms with E-state index in [2.05, 4.69) is 10.2 Å². The molecule has 4 nitrogen and oxygen atoms in total. The van der Waals surface area contributed by atoms with Crippen molar-refractivity contribution in [1.82, 2.24) is 10.2 Å². The highest BCUT2D eigenvalue weighted by Gasteiger charge is 2.24. The molecule has 2 N–H and O–H groups in total.